The zero-order chi connectivity index (χ0) is 16.2. The maximum atomic E-state index is 12.5. The van der Waals surface area contributed by atoms with E-state index in [4.69, 9.17) is 11.6 Å². The van der Waals surface area contributed by atoms with Gasteiger partial charge in [-0.3, -0.25) is 4.79 Å². The molecule has 0 unspecified atom stereocenters. The van der Waals surface area contributed by atoms with Crippen molar-refractivity contribution in [3.05, 3.63) is 46.3 Å². The van der Waals surface area contributed by atoms with Crippen LogP contribution in [0.15, 0.2) is 36.4 Å². The highest BCUT2D eigenvalue weighted by Gasteiger charge is 2.17. The molecule has 0 saturated carbocycles. The number of hydrogen-bond donors (Lipinski definition) is 0. The van der Waals surface area contributed by atoms with E-state index >= 15 is 0 Å². The number of nitrogens with zero attached hydrogens (tertiary/aromatic N) is 2. The molecule has 1 aliphatic rings. The predicted molar refractivity (Wildman–Crippen MR) is 97.4 cm³/mol. The number of likely N-dealkylation sites (tertiary alicyclic amines) is 1. The van der Waals surface area contributed by atoms with E-state index in [1.807, 2.05) is 48.3 Å². The Morgan fingerprint density at radius 3 is 2.57 bits per heavy atom. The lowest BCUT2D eigenvalue weighted by atomic mass is 10.2. The molecule has 1 fully saturated rings. The van der Waals surface area contributed by atoms with Crippen molar-refractivity contribution >= 4 is 28.8 Å². The molecule has 1 aliphatic heterocycles. The summed E-state index contributed by atoms with van der Waals surface area (Å²) in [5, 5.41) is 0.725. The molecular formula is C18H21ClN2OS. The third-order valence-electron chi connectivity index (χ3n) is 4.24. The molecule has 1 aromatic carbocycles. The van der Waals surface area contributed by atoms with Crippen LogP contribution in [0.4, 0.5) is 0 Å². The molecule has 23 heavy (non-hydrogen) atoms. The van der Waals surface area contributed by atoms with Crippen LogP contribution in [0.2, 0.25) is 5.02 Å². The Morgan fingerprint density at radius 2 is 1.87 bits per heavy atom. The van der Waals surface area contributed by atoms with Crippen LogP contribution in [0.1, 0.15) is 22.5 Å². The van der Waals surface area contributed by atoms with Crippen molar-refractivity contribution in [2.45, 2.75) is 12.8 Å². The normalized spacial score (nSPS) is 15.0. The number of hydrogen-bond acceptors (Lipinski definition) is 3. The molecule has 1 saturated heterocycles. The van der Waals surface area contributed by atoms with E-state index in [1.165, 1.54) is 37.3 Å². The molecule has 2 aromatic rings. The maximum Gasteiger partial charge on any atom is 0.263 e. The van der Waals surface area contributed by atoms with Crippen LogP contribution in [0, 0.1) is 0 Å². The first-order valence-corrected chi connectivity index (χ1v) is 9.16. The number of carbonyl (C=O) groups is 1. The summed E-state index contributed by atoms with van der Waals surface area (Å²) in [6.45, 7) is 4.09. The highest BCUT2D eigenvalue weighted by Crippen LogP contribution is 2.29. The zero-order valence-electron chi connectivity index (χ0n) is 13.3. The van der Waals surface area contributed by atoms with Crippen LogP contribution in [0.3, 0.4) is 0 Å². The number of likely N-dealkylation sites (N-methyl/N-ethyl adjacent to an activating group) is 1. The molecule has 3 nitrogen and oxygen atoms in total. The molecule has 0 aliphatic carbocycles. The number of rotatable bonds is 5. The molecular weight excluding hydrogens is 328 g/mol. The fourth-order valence-corrected chi connectivity index (χ4v) is 3.94. The van der Waals surface area contributed by atoms with E-state index in [0.717, 1.165) is 33.4 Å². The molecule has 3 rings (SSSR count). The Kier molecular flexibility index (Phi) is 5.36. The maximum absolute atomic E-state index is 12.5. The minimum Gasteiger partial charge on any atom is -0.340 e. The Labute approximate surface area is 146 Å². The van der Waals surface area contributed by atoms with Gasteiger partial charge in [-0.1, -0.05) is 23.7 Å². The van der Waals surface area contributed by atoms with E-state index in [-0.39, 0.29) is 5.91 Å². The van der Waals surface area contributed by atoms with Gasteiger partial charge in [0.2, 0.25) is 0 Å². The van der Waals surface area contributed by atoms with Gasteiger partial charge in [0.25, 0.3) is 5.91 Å². The fourth-order valence-electron chi connectivity index (χ4n) is 2.81. The smallest absolute Gasteiger partial charge is 0.263 e. The van der Waals surface area contributed by atoms with Crippen LogP contribution >= 0.6 is 22.9 Å². The topological polar surface area (TPSA) is 23.6 Å². The van der Waals surface area contributed by atoms with E-state index in [9.17, 15) is 4.79 Å². The molecule has 5 heteroatoms. The quantitative estimate of drug-likeness (QED) is 0.807. The summed E-state index contributed by atoms with van der Waals surface area (Å²) in [5.74, 6) is 0.106. The highest BCUT2D eigenvalue weighted by atomic mass is 35.5. The highest BCUT2D eigenvalue weighted by molar-refractivity contribution is 7.17. The number of benzene rings is 1. The SMILES string of the molecule is CN(CCN1CCCC1)C(=O)c1ccc(-c2ccc(Cl)cc2)s1. The standard InChI is InChI=1S/C18H21ClN2OS/c1-20(12-13-21-10-2-3-11-21)18(22)17-9-8-16(23-17)14-4-6-15(19)7-5-14/h4-9H,2-3,10-13H2,1H3. The van der Waals surface area contributed by atoms with E-state index in [2.05, 4.69) is 4.90 Å². The number of carbonyl (C=O) groups excluding carboxylic acids is 1. The Balaban J connectivity index is 1.62. The summed E-state index contributed by atoms with van der Waals surface area (Å²) in [4.78, 5) is 18.7. The Hall–Kier alpha value is -1.36. The van der Waals surface area contributed by atoms with E-state index in [1.54, 1.807) is 0 Å². The Bertz CT molecular complexity index is 662. The van der Waals surface area contributed by atoms with Crippen LogP contribution < -0.4 is 0 Å². The van der Waals surface area contributed by atoms with Crippen molar-refractivity contribution in [1.82, 2.24) is 9.80 Å². The van der Waals surface area contributed by atoms with Crippen LogP contribution in [-0.2, 0) is 0 Å². The summed E-state index contributed by atoms with van der Waals surface area (Å²) in [6, 6.07) is 11.7. The third-order valence-corrected chi connectivity index (χ3v) is 5.62. The summed E-state index contributed by atoms with van der Waals surface area (Å²) < 4.78 is 0. The third kappa shape index (κ3) is 4.14. The molecule has 0 bridgehead atoms. The average molecular weight is 349 g/mol. The molecule has 0 atom stereocenters. The molecule has 1 amide bonds. The molecule has 0 N–H and O–H groups in total. The van der Waals surface area contributed by atoms with Gasteiger partial charge in [0.15, 0.2) is 0 Å². The van der Waals surface area contributed by atoms with Gasteiger partial charge in [0, 0.05) is 30.0 Å². The van der Waals surface area contributed by atoms with Gasteiger partial charge < -0.3 is 9.80 Å². The Morgan fingerprint density at radius 1 is 1.17 bits per heavy atom. The second kappa shape index (κ2) is 7.47. The molecule has 0 spiro atoms. The minimum atomic E-state index is 0.106. The van der Waals surface area contributed by atoms with Gasteiger partial charge in [-0.2, -0.15) is 0 Å². The van der Waals surface area contributed by atoms with E-state index in [0.29, 0.717) is 0 Å². The number of thiophene rings is 1. The van der Waals surface area contributed by atoms with Crippen molar-refractivity contribution in [2.75, 3.05) is 33.2 Å². The summed E-state index contributed by atoms with van der Waals surface area (Å²) >= 11 is 7.46. The zero-order valence-corrected chi connectivity index (χ0v) is 14.9. The number of amides is 1. The lowest BCUT2D eigenvalue weighted by Gasteiger charge is -2.21. The molecule has 1 aromatic heterocycles. The lowest BCUT2D eigenvalue weighted by molar-refractivity contribution is 0.0787. The van der Waals surface area contributed by atoms with Gasteiger partial charge in [0.05, 0.1) is 4.88 Å². The summed E-state index contributed by atoms with van der Waals surface area (Å²) in [6.07, 6.45) is 2.57. The number of halogens is 1. The van der Waals surface area contributed by atoms with Gasteiger partial charge in [-0.25, -0.2) is 0 Å². The largest absolute Gasteiger partial charge is 0.340 e. The monoisotopic (exact) mass is 348 g/mol. The molecule has 122 valence electrons. The predicted octanol–water partition coefficient (Wildman–Crippen LogP) is 4.24. The van der Waals surface area contributed by atoms with Crippen LogP contribution in [-0.4, -0.2) is 48.9 Å². The first-order chi connectivity index (χ1) is 11.1. The van der Waals surface area contributed by atoms with Crippen LogP contribution in [0.25, 0.3) is 10.4 Å². The van der Waals surface area contributed by atoms with Crippen LogP contribution in [0.5, 0.6) is 0 Å². The first kappa shape index (κ1) is 16.5. The van der Waals surface area contributed by atoms with E-state index < -0.39 is 0 Å². The van der Waals surface area contributed by atoms with Gasteiger partial charge >= 0.3 is 0 Å². The van der Waals surface area contributed by atoms with Crippen molar-refractivity contribution in [1.29, 1.82) is 0 Å². The van der Waals surface area contributed by atoms with Crippen molar-refractivity contribution in [2.24, 2.45) is 0 Å². The fraction of sp³-hybridized carbons (Fsp3) is 0.389. The second-order valence-corrected chi connectivity index (χ2v) is 7.47. The van der Waals surface area contributed by atoms with Crippen molar-refractivity contribution < 1.29 is 4.79 Å². The second-order valence-electron chi connectivity index (χ2n) is 5.95. The van der Waals surface area contributed by atoms with Crippen molar-refractivity contribution in [3.8, 4) is 10.4 Å². The molecule has 2 heterocycles. The van der Waals surface area contributed by atoms with Gasteiger partial charge in [0.1, 0.15) is 0 Å². The van der Waals surface area contributed by atoms with Crippen molar-refractivity contribution in [3.63, 3.8) is 0 Å². The minimum absolute atomic E-state index is 0.106. The molecule has 0 radical (unpaired) electrons. The average Bonchev–Trinajstić information content (AvgIpc) is 3.24. The summed E-state index contributed by atoms with van der Waals surface area (Å²) in [5.41, 5.74) is 1.10. The first-order valence-electron chi connectivity index (χ1n) is 7.97. The van der Waals surface area contributed by atoms with Gasteiger partial charge in [-0.15, -0.1) is 11.3 Å². The lowest BCUT2D eigenvalue weighted by Crippen LogP contribution is -2.34. The van der Waals surface area contributed by atoms with Gasteiger partial charge in [-0.05, 0) is 55.8 Å². The summed E-state index contributed by atoms with van der Waals surface area (Å²) in [7, 11) is 1.89.